The highest BCUT2D eigenvalue weighted by Crippen LogP contribution is 2.00. The average Bonchev–Trinajstić information content (AvgIpc) is 2.27. The quantitative estimate of drug-likeness (QED) is 0.589. The average molecular weight is 246 g/mol. The summed E-state index contributed by atoms with van der Waals surface area (Å²) in [6, 6.07) is 0. The zero-order valence-corrected chi connectivity index (χ0v) is 12.7. The molecule has 0 amide bonds. The Bertz CT molecular complexity index is 110. The zero-order chi connectivity index (χ0) is 13.9. The van der Waals surface area contributed by atoms with E-state index in [-0.39, 0.29) is 0 Å². The van der Waals surface area contributed by atoms with Crippen LogP contribution in [0.5, 0.6) is 0 Å². The molecule has 0 aliphatic heterocycles. The minimum atomic E-state index is -0.833. The van der Waals surface area contributed by atoms with Gasteiger partial charge in [-0.25, -0.2) is 0 Å². The molecule has 0 saturated heterocycles. The van der Waals surface area contributed by atoms with E-state index in [1.54, 1.807) is 0 Å². The van der Waals surface area contributed by atoms with Crippen molar-refractivity contribution in [2.24, 2.45) is 0 Å². The Morgan fingerprint density at radius 3 is 1.06 bits per heavy atom. The van der Waals surface area contributed by atoms with E-state index < -0.39 is 5.97 Å². The van der Waals surface area contributed by atoms with Crippen molar-refractivity contribution in [1.29, 1.82) is 0 Å². The number of hydrogen-bond donors (Lipinski definition) is 1. The molecule has 0 spiro atoms. The first-order chi connectivity index (χ1) is 8.06. The summed E-state index contributed by atoms with van der Waals surface area (Å²) in [6.07, 6.45) is 12.5. The fourth-order valence-corrected chi connectivity index (χ4v) is 1.18. The molecule has 0 bridgehead atoms. The summed E-state index contributed by atoms with van der Waals surface area (Å²) in [5, 5.41) is 7.42. The van der Waals surface area contributed by atoms with E-state index in [0.29, 0.717) is 0 Å². The number of carboxylic acid groups (broad SMARTS) is 1. The number of aliphatic carboxylic acids is 1. The van der Waals surface area contributed by atoms with Gasteiger partial charge in [-0.1, -0.05) is 85.5 Å². The van der Waals surface area contributed by atoms with Crippen LogP contribution < -0.4 is 0 Å². The molecule has 0 aromatic heterocycles. The van der Waals surface area contributed by atoms with Crippen LogP contribution in [-0.4, -0.2) is 11.1 Å². The lowest BCUT2D eigenvalue weighted by atomic mass is 10.2. The fourth-order valence-electron chi connectivity index (χ4n) is 1.18. The molecule has 0 aromatic rings. The summed E-state index contributed by atoms with van der Waals surface area (Å²) in [5.41, 5.74) is 0. The summed E-state index contributed by atoms with van der Waals surface area (Å²) < 4.78 is 0. The molecular formula is C15H34O2. The Hall–Kier alpha value is -0.530. The lowest BCUT2D eigenvalue weighted by Gasteiger charge is -1.90. The summed E-state index contributed by atoms with van der Waals surface area (Å²) >= 11 is 0. The van der Waals surface area contributed by atoms with Crippen molar-refractivity contribution >= 4 is 5.97 Å². The van der Waals surface area contributed by atoms with Crippen molar-refractivity contribution in [3.8, 4) is 0 Å². The number of unbranched alkanes of at least 4 members (excludes halogenated alkanes) is 7. The Morgan fingerprint density at radius 1 is 0.706 bits per heavy atom. The van der Waals surface area contributed by atoms with Crippen LogP contribution in [0.25, 0.3) is 0 Å². The number of carbonyl (C=O) groups is 1. The molecule has 0 fully saturated rings. The smallest absolute Gasteiger partial charge is 0.300 e. The number of carboxylic acids is 1. The SMILES string of the molecule is CC(=O)O.CCCCCC.CCCCCCC. The molecule has 0 aromatic carbocycles. The van der Waals surface area contributed by atoms with Crippen LogP contribution >= 0.6 is 0 Å². The van der Waals surface area contributed by atoms with E-state index in [4.69, 9.17) is 9.90 Å². The fraction of sp³-hybridized carbons (Fsp3) is 0.933. The highest BCUT2D eigenvalue weighted by molar-refractivity contribution is 5.62. The Balaban J connectivity index is -0.000000180. The normalized spacial score (nSPS) is 8.53. The maximum absolute atomic E-state index is 9.00. The summed E-state index contributed by atoms with van der Waals surface area (Å²) in [6.45, 7) is 10.0. The van der Waals surface area contributed by atoms with Crippen molar-refractivity contribution < 1.29 is 9.90 Å². The molecule has 106 valence electrons. The first-order valence-corrected chi connectivity index (χ1v) is 7.26. The first kappa shape index (κ1) is 21.7. The van der Waals surface area contributed by atoms with Crippen molar-refractivity contribution in [2.75, 3.05) is 0 Å². The molecule has 1 N–H and O–H groups in total. The van der Waals surface area contributed by atoms with Gasteiger partial charge in [-0.05, 0) is 0 Å². The van der Waals surface area contributed by atoms with Gasteiger partial charge in [-0.15, -0.1) is 0 Å². The monoisotopic (exact) mass is 246 g/mol. The first-order valence-electron chi connectivity index (χ1n) is 7.26. The topological polar surface area (TPSA) is 37.3 Å². The molecular weight excluding hydrogens is 212 g/mol. The van der Waals surface area contributed by atoms with Gasteiger partial charge >= 0.3 is 0 Å². The van der Waals surface area contributed by atoms with Gasteiger partial charge in [0.1, 0.15) is 0 Å². The van der Waals surface area contributed by atoms with Crippen LogP contribution in [-0.2, 0) is 4.79 Å². The predicted molar refractivity (Wildman–Crippen MR) is 77.6 cm³/mol. The van der Waals surface area contributed by atoms with Crippen molar-refractivity contribution in [3.05, 3.63) is 0 Å². The lowest BCUT2D eigenvalue weighted by Crippen LogP contribution is -1.78. The van der Waals surface area contributed by atoms with E-state index in [1.807, 2.05) is 0 Å². The molecule has 0 aliphatic rings. The van der Waals surface area contributed by atoms with Crippen LogP contribution in [0.15, 0.2) is 0 Å². The summed E-state index contributed by atoms with van der Waals surface area (Å²) in [7, 11) is 0. The van der Waals surface area contributed by atoms with Crippen LogP contribution in [0.3, 0.4) is 0 Å². The van der Waals surface area contributed by atoms with E-state index in [0.717, 1.165) is 6.92 Å². The van der Waals surface area contributed by atoms with Gasteiger partial charge in [0.25, 0.3) is 5.97 Å². The maximum atomic E-state index is 9.00. The Kier molecular flexibility index (Phi) is 31.5. The van der Waals surface area contributed by atoms with Gasteiger partial charge in [0.15, 0.2) is 0 Å². The third-order valence-corrected chi connectivity index (χ3v) is 2.16. The van der Waals surface area contributed by atoms with Crippen LogP contribution in [0, 0.1) is 0 Å². The van der Waals surface area contributed by atoms with Crippen molar-refractivity contribution in [2.45, 2.75) is 92.4 Å². The molecule has 2 heteroatoms. The van der Waals surface area contributed by atoms with Crippen LogP contribution in [0.1, 0.15) is 92.4 Å². The Morgan fingerprint density at radius 2 is 0.882 bits per heavy atom. The van der Waals surface area contributed by atoms with Crippen LogP contribution in [0.2, 0.25) is 0 Å². The molecule has 0 heterocycles. The van der Waals surface area contributed by atoms with E-state index in [9.17, 15) is 0 Å². The van der Waals surface area contributed by atoms with Gasteiger partial charge in [0.05, 0.1) is 0 Å². The minimum Gasteiger partial charge on any atom is -0.481 e. The predicted octanol–water partition coefficient (Wildman–Crippen LogP) is 5.65. The second-order valence-corrected chi connectivity index (χ2v) is 4.29. The minimum absolute atomic E-state index is 0.833. The third-order valence-electron chi connectivity index (χ3n) is 2.16. The zero-order valence-electron chi connectivity index (χ0n) is 12.7. The van der Waals surface area contributed by atoms with E-state index in [1.165, 1.54) is 57.8 Å². The highest BCUT2D eigenvalue weighted by Gasteiger charge is 1.80. The Labute approximate surface area is 109 Å². The molecule has 0 radical (unpaired) electrons. The third kappa shape index (κ3) is 67.1. The summed E-state index contributed by atoms with van der Waals surface area (Å²) in [5.74, 6) is -0.833. The second kappa shape index (κ2) is 24.6. The number of hydrogen-bond acceptors (Lipinski definition) is 1. The van der Waals surface area contributed by atoms with Gasteiger partial charge < -0.3 is 5.11 Å². The molecule has 0 saturated carbocycles. The number of rotatable bonds is 7. The van der Waals surface area contributed by atoms with Gasteiger partial charge in [0.2, 0.25) is 0 Å². The highest BCUT2D eigenvalue weighted by atomic mass is 16.4. The lowest BCUT2D eigenvalue weighted by molar-refractivity contribution is -0.134. The summed E-state index contributed by atoms with van der Waals surface area (Å²) in [4.78, 5) is 9.00. The molecule has 0 rings (SSSR count). The van der Waals surface area contributed by atoms with Gasteiger partial charge in [0, 0.05) is 6.92 Å². The maximum Gasteiger partial charge on any atom is 0.300 e. The van der Waals surface area contributed by atoms with Gasteiger partial charge in [-0.2, -0.15) is 0 Å². The standard InChI is InChI=1S/C7H16.C6H14.C2H4O2/c1-3-5-7-6-4-2;1-3-5-6-4-2;1-2(3)4/h3-7H2,1-2H3;3-6H2,1-2H3;1H3,(H,3,4). The van der Waals surface area contributed by atoms with Crippen molar-refractivity contribution in [1.82, 2.24) is 0 Å². The molecule has 17 heavy (non-hydrogen) atoms. The second-order valence-electron chi connectivity index (χ2n) is 4.29. The molecule has 0 unspecified atom stereocenters. The van der Waals surface area contributed by atoms with E-state index >= 15 is 0 Å². The molecule has 0 atom stereocenters. The molecule has 2 nitrogen and oxygen atoms in total. The van der Waals surface area contributed by atoms with E-state index in [2.05, 4.69) is 27.7 Å². The van der Waals surface area contributed by atoms with Gasteiger partial charge in [-0.3, -0.25) is 4.79 Å². The van der Waals surface area contributed by atoms with Crippen molar-refractivity contribution in [3.63, 3.8) is 0 Å². The van der Waals surface area contributed by atoms with Crippen LogP contribution in [0.4, 0.5) is 0 Å². The largest absolute Gasteiger partial charge is 0.481 e. The molecule has 0 aliphatic carbocycles.